The predicted molar refractivity (Wildman–Crippen MR) is 105 cm³/mol. The molecule has 6 atom stereocenters. The Kier molecular flexibility index (Phi) is 5.52. The molecule has 1 aromatic heterocycles. The zero-order valence-electron chi connectivity index (χ0n) is 15.8. The minimum Gasteiger partial charge on any atom is -0.393 e. The Labute approximate surface area is 172 Å². The van der Waals surface area contributed by atoms with E-state index in [4.69, 9.17) is 11.6 Å². The molecule has 0 unspecified atom stereocenters. The van der Waals surface area contributed by atoms with E-state index in [1.165, 1.54) is 4.90 Å². The number of hydrogen-bond donors (Lipinski definition) is 2. The highest BCUT2D eigenvalue weighted by Gasteiger charge is 2.59. The van der Waals surface area contributed by atoms with Gasteiger partial charge in [0.2, 0.25) is 5.91 Å². The number of allylic oxidation sites excluding steroid dienone is 1. The maximum Gasteiger partial charge on any atom is 0.269 e. The first-order valence-electron chi connectivity index (χ1n) is 9.57. The largest absolute Gasteiger partial charge is 0.393 e. The molecule has 152 valence electrons. The van der Waals surface area contributed by atoms with E-state index < -0.39 is 17.3 Å². The molecule has 4 heterocycles. The number of aliphatic hydroxyl groups excluding tert-OH is 1. The minimum atomic E-state index is -0.735. The number of rotatable bonds is 7. The molecule has 4 rings (SSSR count). The average Bonchev–Trinajstić information content (AvgIpc) is 3.34. The van der Waals surface area contributed by atoms with Crippen molar-refractivity contribution in [2.45, 2.75) is 56.7 Å². The SMILES string of the molecule is C[C@@H](O)[C@H]1C(=O)N2C(C(=O)Cl)=C(S[C@@H]3CN[C@H](CCn4ccnn4)C3)[C@H](C)[C@H]12. The lowest BCUT2D eigenvalue weighted by atomic mass is 9.79. The molecule has 28 heavy (non-hydrogen) atoms. The third-order valence-electron chi connectivity index (χ3n) is 5.95. The van der Waals surface area contributed by atoms with Gasteiger partial charge in [-0.1, -0.05) is 12.1 Å². The van der Waals surface area contributed by atoms with E-state index in [9.17, 15) is 14.7 Å². The molecule has 0 saturated carbocycles. The molecule has 3 aliphatic heterocycles. The molecule has 2 fully saturated rings. The Morgan fingerprint density at radius 3 is 2.96 bits per heavy atom. The minimum absolute atomic E-state index is 0.00537. The summed E-state index contributed by atoms with van der Waals surface area (Å²) in [6.07, 6.45) is 4.71. The first kappa shape index (κ1) is 19.9. The van der Waals surface area contributed by atoms with Crippen molar-refractivity contribution in [3.05, 3.63) is 23.0 Å². The fourth-order valence-corrected chi connectivity index (χ4v) is 6.35. The third kappa shape index (κ3) is 3.38. The molecule has 3 aliphatic rings. The van der Waals surface area contributed by atoms with Gasteiger partial charge in [-0.25, -0.2) is 0 Å². The van der Waals surface area contributed by atoms with Gasteiger partial charge in [0.05, 0.1) is 24.3 Å². The van der Waals surface area contributed by atoms with Crippen molar-refractivity contribution in [3.63, 3.8) is 0 Å². The van der Waals surface area contributed by atoms with Crippen LogP contribution in [0.4, 0.5) is 0 Å². The van der Waals surface area contributed by atoms with Gasteiger partial charge >= 0.3 is 0 Å². The van der Waals surface area contributed by atoms with Gasteiger partial charge in [0.15, 0.2) is 0 Å². The van der Waals surface area contributed by atoms with Crippen LogP contribution in [-0.4, -0.2) is 66.1 Å². The summed E-state index contributed by atoms with van der Waals surface area (Å²) in [4.78, 5) is 26.9. The van der Waals surface area contributed by atoms with Crippen molar-refractivity contribution in [3.8, 4) is 0 Å². The fraction of sp³-hybridized carbons (Fsp3) is 0.667. The molecule has 10 heteroatoms. The molecule has 8 nitrogen and oxygen atoms in total. The Morgan fingerprint density at radius 2 is 2.32 bits per heavy atom. The first-order valence-corrected chi connectivity index (χ1v) is 10.8. The van der Waals surface area contributed by atoms with Crippen molar-refractivity contribution in [1.29, 1.82) is 0 Å². The lowest BCUT2D eigenvalue weighted by Crippen LogP contribution is -2.63. The lowest BCUT2D eigenvalue weighted by molar-refractivity contribution is -0.160. The second-order valence-corrected chi connectivity index (χ2v) is 9.46. The number of aryl methyl sites for hydroxylation is 1. The highest BCUT2D eigenvalue weighted by molar-refractivity contribution is 8.03. The number of aliphatic hydroxyl groups is 1. The zero-order valence-corrected chi connectivity index (χ0v) is 17.4. The third-order valence-corrected chi connectivity index (χ3v) is 7.64. The molecule has 0 radical (unpaired) electrons. The van der Waals surface area contributed by atoms with Crippen molar-refractivity contribution < 1.29 is 14.7 Å². The summed E-state index contributed by atoms with van der Waals surface area (Å²) >= 11 is 7.51. The molecule has 0 bridgehead atoms. The summed E-state index contributed by atoms with van der Waals surface area (Å²) in [5.41, 5.74) is 0.317. The number of nitrogens with one attached hydrogen (secondary N) is 1. The van der Waals surface area contributed by atoms with E-state index in [1.807, 2.05) is 17.8 Å². The van der Waals surface area contributed by atoms with Crippen molar-refractivity contribution in [2.75, 3.05) is 6.54 Å². The smallest absolute Gasteiger partial charge is 0.269 e. The first-order chi connectivity index (χ1) is 13.4. The van der Waals surface area contributed by atoms with Crippen LogP contribution >= 0.6 is 23.4 Å². The van der Waals surface area contributed by atoms with Gasteiger partial charge in [0.1, 0.15) is 5.70 Å². The van der Waals surface area contributed by atoms with Gasteiger partial charge in [-0.2, -0.15) is 0 Å². The number of β-lactam (4-membered cyclic amide) rings is 1. The van der Waals surface area contributed by atoms with Gasteiger partial charge < -0.3 is 15.3 Å². The zero-order chi connectivity index (χ0) is 20.0. The van der Waals surface area contributed by atoms with Crippen LogP contribution < -0.4 is 5.32 Å². The van der Waals surface area contributed by atoms with Crippen LogP contribution in [-0.2, 0) is 16.1 Å². The van der Waals surface area contributed by atoms with Gasteiger partial charge in [-0.15, -0.1) is 16.9 Å². The Hall–Kier alpha value is -1.42. The number of hydrogen-bond acceptors (Lipinski definition) is 7. The lowest BCUT2D eigenvalue weighted by Gasteiger charge is -2.46. The summed E-state index contributed by atoms with van der Waals surface area (Å²) < 4.78 is 1.82. The quantitative estimate of drug-likeness (QED) is 0.495. The fourth-order valence-electron chi connectivity index (χ4n) is 4.57. The molecular weight excluding hydrogens is 402 g/mol. The van der Waals surface area contributed by atoms with E-state index in [-0.39, 0.29) is 17.9 Å². The van der Waals surface area contributed by atoms with Crippen LogP contribution in [0.1, 0.15) is 26.7 Å². The summed E-state index contributed by atoms with van der Waals surface area (Å²) in [6.45, 7) is 5.28. The predicted octanol–water partition coefficient (Wildman–Crippen LogP) is 0.966. The van der Waals surface area contributed by atoms with Crippen LogP contribution in [0.25, 0.3) is 0 Å². The van der Waals surface area contributed by atoms with E-state index in [0.29, 0.717) is 17.0 Å². The van der Waals surface area contributed by atoms with Crippen LogP contribution in [0.3, 0.4) is 0 Å². The number of amides is 1. The second-order valence-electron chi connectivity index (χ2n) is 7.78. The molecule has 2 N–H and O–H groups in total. The standard InChI is InChI=1S/C18H24ClN5O3S/c1-9-14-13(10(2)25)18(27)24(14)15(17(19)26)16(9)28-12-7-11(20-8-12)3-5-23-6-4-21-22-23/h4,6,9-14,20,25H,3,5,7-8H2,1-2H3/t9-,10-,11-,12+,13-,14-/m1/s1. The number of fused-ring (bicyclic) bond motifs is 1. The topological polar surface area (TPSA) is 100 Å². The maximum atomic E-state index is 12.5. The number of carbonyl (C=O) groups is 2. The maximum absolute atomic E-state index is 12.5. The molecule has 0 aromatic carbocycles. The van der Waals surface area contributed by atoms with Gasteiger partial charge in [-0.05, 0) is 31.4 Å². The summed E-state index contributed by atoms with van der Waals surface area (Å²) in [6, 6.07) is 0.197. The average molecular weight is 426 g/mol. The Morgan fingerprint density at radius 1 is 1.54 bits per heavy atom. The van der Waals surface area contributed by atoms with E-state index >= 15 is 0 Å². The second kappa shape index (κ2) is 7.78. The highest BCUT2D eigenvalue weighted by Crippen LogP contribution is 2.52. The summed E-state index contributed by atoms with van der Waals surface area (Å²) in [7, 11) is 0. The monoisotopic (exact) mass is 425 g/mol. The molecule has 2 saturated heterocycles. The normalized spacial score (nSPS) is 33.2. The molecule has 1 aromatic rings. The Balaban J connectivity index is 1.42. The van der Waals surface area contributed by atoms with Gasteiger partial charge in [0, 0.05) is 41.4 Å². The summed E-state index contributed by atoms with van der Waals surface area (Å²) in [5.74, 6) is -0.674. The number of carbonyl (C=O) groups excluding carboxylic acids is 2. The molecule has 1 amide bonds. The molecule has 0 aliphatic carbocycles. The Bertz CT molecular complexity index is 799. The van der Waals surface area contributed by atoms with Crippen LogP contribution in [0, 0.1) is 11.8 Å². The van der Waals surface area contributed by atoms with Crippen molar-refractivity contribution in [1.82, 2.24) is 25.2 Å². The highest BCUT2D eigenvalue weighted by atomic mass is 35.5. The van der Waals surface area contributed by atoms with Crippen LogP contribution in [0.15, 0.2) is 23.0 Å². The number of thioether (sulfide) groups is 1. The van der Waals surface area contributed by atoms with Gasteiger partial charge in [-0.3, -0.25) is 14.3 Å². The van der Waals surface area contributed by atoms with Crippen molar-refractivity contribution in [2.24, 2.45) is 11.8 Å². The molecular formula is C18H24ClN5O3S. The van der Waals surface area contributed by atoms with Crippen LogP contribution in [0.5, 0.6) is 0 Å². The van der Waals surface area contributed by atoms with E-state index in [0.717, 1.165) is 30.8 Å². The van der Waals surface area contributed by atoms with E-state index in [1.54, 1.807) is 24.9 Å². The van der Waals surface area contributed by atoms with E-state index in [2.05, 4.69) is 15.6 Å². The van der Waals surface area contributed by atoms with Crippen LogP contribution in [0.2, 0.25) is 0 Å². The molecule has 0 spiro atoms. The number of halogens is 1. The van der Waals surface area contributed by atoms with Gasteiger partial charge in [0.25, 0.3) is 5.24 Å². The number of nitrogens with zero attached hydrogens (tertiary/aromatic N) is 4. The summed E-state index contributed by atoms with van der Waals surface area (Å²) in [5, 5.41) is 21.0. The van der Waals surface area contributed by atoms with Crippen molar-refractivity contribution >= 4 is 34.5 Å². The number of aromatic nitrogens is 3.